The number of pyridine rings is 1. The van der Waals surface area contributed by atoms with Crippen LogP contribution in [0.5, 0.6) is 5.75 Å². The quantitative estimate of drug-likeness (QED) is 0.672. The third-order valence-corrected chi connectivity index (χ3v) is 3.53. The summed E-state index contributed by atoms with van der Waals surface area (Å²) >= 11 is 1.92. The first-order valence-electron chi connectivity index (χ1n) is 5.55. The van der Waals surface area contributed by atoms with Crippen molar-refractivity contribution in [3.8, 4) is 5.75 Å². The van der Waals surface area contributed by atoms with Gasteiger partial charge in [0.05, 0.1) is 5.56 Å². The van der Waals surface area contributed by atoms with Crippen molar-refractivity contribution < 1.29 is 9.90 Å². The number of carbonyl (C=O) groups excluding carboxylic acids is 1. The SMILES string of the molecule is CCC(C)CN(C)C(=O)c1cnc(I)c(O)c1. The minimum atomic E-state index is -0.107. The van der Waals surface area contributed by atoms with Crippen LogP contribution in [-0.4, -0.2) is 34.5 Å². The van der Waals surface area contributed by atoms with Gasteiger partial charge in [-0.2, -0.15) is 0 Å². The van der Waals surface area contributed by atoms with Crippen LogP contribution < -0.4 is 0 Å². The molecular formula is C12H17IN2O2. The first-order valence-corrected chi connectivity index (χ1v) is 6.63. The molecule has 0 fully saturated rings. The molecule has 1 rings (SSSR count). The molecule has 0 saturated carbocycles. The lowest BCUT2D eigenvalue weighted by Crippen LogP contribution is -2.30. The van der Waals surface area contributed by atoms with Gasteiger partial charge in [0, 0.05) is 19.8 Å². The van der Waals surface area contributed by atoms with Crippen LogP contribution >= 0.6 is 22.6 Å². The Hall–Kier alpha value is -0.850. The molecule has 94 valence electrons. The molecule has 0 aliphatic heterocycles. The Bertz CT molecular complexity index is 409. The predicted molar refractivity (Wildman–Crippen MR) is 75.0 cm³/mol. The van der Waals surface area contributed by atoms with Crippen LogP contribution in [0.4, 0.5) is 0 Å². The number of rotatable bonds is 4. The number of carbonyl (C=O) groups is 1. The standard InChI is InChI=1S/C12H17IN2O2/c1-4-8(2)7-15(3)12(17)9-5-10(16)11(13)14-6-9/h5-6,8,16H,4,7H2,1-3H3. The number of hydrogen-bond acceptors (Lipinski definition) is 3. The molecule has 0 radical (unpaired) electrons. The topological polar surface area (TPSA) is 53.4 Å². The zero-order valence-electron chi connectivity index (χ0n) is 10.3. The Morgan fingerprint density at radius 2 is 2.29 bits per heavy atom. The Balaban J connectivity index is 2.78. The van der Waals surface area contributed by atoms with Crippen molar-refractivity contribution in [3.63, 3.8) is 0 Å². The molecule has 4 nitrogen and oxygen atoms in total. The number of aromatic nitrogens is 1. The Morgan fingerprint density at radius 3 is 2.82 bits per heavy atom. The van der Waals surface area contributed by atoms with Gasteiger partial charge >= 0.3 is 0 Å². The van der Waals surface area contributed by atoms with Gasteiger partial charge in [0.2, 0.25) is 0 Å². The van der Waals surface area contributed by atoms with E-state index in [2.05, 4.69) is 18.8 Å². The van der Waals surface area contributed by atoms with Crippen molar-refractivity contribution in [2.24, 2.45) is 5.92 Å². The number of nitrogens with zero attached hydrogens (tertiary/aromatic N) is 2. The van der Waals surface area contributed by atoms with Crippen molar-refractivity contribution in [1.29, 1.82) is 0 Å². The van der Waals surface area contributed by atoms with Crippen LogP contribution in [0.2, 0.25) is 0 Å². The largest absolute Gasteiger partial charge is 0.505 e. The van der Waals surface area contributed by atoms with Crippen LogP contribution in [-0.2, 0) is 0 Å². The maximum Gasteiger partial charge on any atom is 0.255 e. The molecule has 0 saturated heterocycles. The highest BCUT2D eigenvalue weighted by Gasteiger charge is 2.15. The summed E-state index contributed by atoms with van der Waals surface area (Å²) in [6.45, 7) is 4.91. The normalized spacial score (nSPS) is 12.2. The van der Waals surface area contributed by atoms with E-state index in [4.69, 9.17) is 0 Å². The molecule has 0 aliphatic carbocycles. The van der Waals surface area contributed by atoms with Crippen LogP contribution in [0.3, 0.4) is 0 Å². The molecule has 17 heavy (non-hydrogen) atoms. The van der Waals surface area contributed by atoms with E-state index in [-0.39, 0.29) is 11.7 Å². The molecule has 1 atom stereocenters. The third kappa shape index (κ3) is 3.83. The smallest absolute Gasteiger partial charge is 0.255 e. The molecule has 0 aromatic carbocycles. The van der Waals surface area contributed by atoms with Crippen molar-refractivity contribution >= 4 is 28.5 Å². The van der Waals surface area contributed by atoms with E-state index in [0.29, 0.717) is 21.7 Å². The molecular weight excluding hydrogens is 331 g/mol. The van der Waals surface area contributed by atoms with Gasteiger partial charge in [-0.3, -0.25) is 4.79 Å². The summed E-state index contributed by atoms with van der Waals surface area (Å²) in [4.78, 5) is 17.7. The Morgan fingerprint density at radius 1 is 1.65 bits per heavy atom. The van der Waals surface area contributed by atoms with Gasteiger partial charge < -0.3 is 10.0 Å². The first-order chi connectivity index (χ1) is 7.95. The summed E-state index contributed by atoms with van der Waals surface area (Å²) in [6.07, 6.45) is 2.53. The maximum absolute atomic E-state index is 12.0. The lowest BCUT2D eigenvalue weighted by Gasteiger charge is -2.20. The first kappa shape index (κ1) is 14.2. The second-order valence-electron chi connectivity index (χ2n) is 4.23. The average Bonchev–Trinajstić information content (AvgIpc) is 2.31. The third-order valence-electron chi connectivity index (χ3n) is 2.70. The van der Waals surface area contributed by atoms with Gasteiger partial charge in [0.15, 0.2) is 0 Å². The summed E-state index contributed by atoms with van der Waals surface area (Å²) in [5.41, 5.74) is 0.425. The second kappa shape index (κ2) is 6.18. The van der Waals surface area contributed by atoms with Crippen LogP contribution in [0.25, 0.3) is 0 Å². The number of hydrogen-bond donors (Lipinski definition) is 1. The monoisotopic (exact) mass is 348 g/mol. The van der Waals surface area contributed by atoms with E-state index in [1.807, 2.05) is 22.6 Å². The van der Waals surface area contributed by atoms with Gasteiger partial charge in [0.25, 0.3) is 5.91 Å². The summed E-state index contributed by atoms with van der Waals surface area (Å²) in [6, 6.07) is 1.46. The van der Waals surface area contributed by atoms with Crippen molar-refractivity contribution in [1.82, 2.24) is 9.88 Å². The highest BCUT2D eigenvalue weighted by atomic mass is 127. The van der Waals surface area contributed by atoms with Crippen LogP contribution in [0.15, 0.2) is 12.3 Å². The minimum Gasteiger partial charge on any atom is -0.505 e. The molecule has 0 spiro atoms. The molecule has 1 unspecified atom stereocenters. The second-order valence-corrected chi connectivity index (χ2v) is 5.25. The predicted octanol–water partition coefficient (Wildman–Crippen LogP) is 2.51. The van der Waals surface area contributed by atoms with E-state index < -0.39 is 0 Å². The van der Waals surface area contributed by atoms with Gasteiger partial charge in [-0.25, -0.2) is 4.98 Å². The number of amides is 1. The average molecular weight is 348 g/mol. The van der Waals surface area contributed by atoms with E-state index in [1.54, 1.807) is 11.9 Å². The Kier molecular flexibility index (Phi) is 5.17. The maximum atomic E-state index is 12.0. The Labute approximate surface area is 115 Å². The van der Waals surface area contributed by atoms with Gasteiger partial charge in [0.1, 0.15) is 9.45 Å². The summed E-state index contributed by atoms with van der Waals surface area (Å²) in [5.74, 6) is 0.409. The molecule has 1 N–H and O–H groups in total. The van der Waals surface area contributed by atoms with Crippen LogP contribution in [0, 0.1) is 9.62 Å². The van der Waals surface area contributed by atoms with Gasteiger partial charge in [-0.1, -0.05) is 20.3 Å². The molecule has 0 bridgehead atoms. The molecule has 1 aromatic rings. The summed E-state index contributed by atoms with van der Waals surface area (Å²) < 4.78 is 0.503. The van der Waals surface area contributed by atoms with Crippen LogP contribution in [0.1, 0.15) is 30.6 Å². The van der Waals surface area contributed by atoms with Gasteiger partial charge in [-0.15, -0.1) is 0 Å². The highest BCUT2D eigenvalue weighted by Crippen LogP contribution is 2.18. The molecule has 5 heteroatoms. The van der Waals surface area contributed by atoms with E-state index in [1.165, 1.54) is 12.3 Å². The summed E-state index contributed by atoms with van der Waals surface area (Å²) in [7, 11) is 1.77. The van der Waals surface area contributed by atoms with E-state index in [9.17, 15) is 9.90 Å². The lowest BCUT2D eigenvalue weighted by molar-refractivity contribution is 0.0774. The van der Waals surface area contributed by atoms with E-state index in [0.717, 1.165) is 6.42 Å². The molecule has 1 aromatic heterocycles. The molecule has 1 amide bonds. The minimum absolute atomic E-state index is 0.0494. The highest BCUT2D eigenvalue weighted by molar-refractivity contribution is 14.1. The zero-order valence-corrected chi connectivity index (χ0v) is 12.4. The molecule has 0 aliphatic rings. The molecule has 1 heterocycles. The van der Waals surface area contributed by atoms with Gasteiger partial charge in [-0.05, 0) is 34.6 Å². The fourth-order valence-electron chi connectivity index (χ4n) is 1.45. The number of aromatic hydroxyl groups is 1. The zero-order chi connectivity index (χ0) is 13.0. The van der Waals surface area contributed by atoms with E-state index >= 15 is 0 Å². The van der Waals surface area contributed by atoms with Crippen molar-refractivity contribution in [2.75, 3.05) is 13.6 Å². The van der Waals surface area contributed by atoms with Crippen molar-refractivity contribution in [2.45, 2.75) is 20.3 Å². The summed E-state index contributed by atoms with van der Waals surface area (Å²) in [5, 5.41) is 9.52. The number of halogens is 1. The fourth-order valence-corrected chi connectivity index (χ4v) is 1.75. The van der Waals surface area contributed by atoms with Crippen molar-refractivity contribution in [3.05, 3.63) is 21.5 Å². The lowest BCUT2D eigenvalue weighted by atomic mass is 10.1. The fraction of sp³-hybridized carbons (Fsp3) is 0.500.